The molecule has 1 aromatic heterocycles. The third-order valence-corrected chi connectivity index (χ3v) is 6.57. The molecule has 182 valence electrons. The van der Waals surface area contributed by atoms with Crippen molar-refractivity contribution in [2.45, 2.75) is 69.6 Å². The number of carboxylic acids is 1. The first-order valence-electron chi connectivity index (χ1n) is 11.7. The number of aromatic nitrogens is 2. The molecule has 3 aromatic rings. The van der Waals surface area contributed by atoms with Crippen LogP contribution in [0.3, 0.4) is 0 Å². The highest BCUT2D eigenvalue weighted by Crippen LogP contribution is 2.37. The molecule has 2 aliphatic rings. The summed E-state index contributed by atoms with van der Waals surface area (Å²) >= 11 is 0. The van der Waals surface area contributed by atoms with Gasteiger partial charge in [-0.05, 0) is 48.6 Å². The first kappa shape index (κ1) is 24.2. The summed E-state index contributed by atoms with van der Waals surface area (Å²) in [4.78, 5) is 16.2. The van der Waals surface area contributed by atoms with Gasteiger partial charge in [-0.2, -0.15) is 18.2 Å². The number of nitrogens with zero attached hydrogens (tertiary/aromatic N) is 3. The zero-order valence-corrected chi connectivity index (χ0v) is 18.8. The molecule has 2 fully saturated rings. The molecule has 1 unspecified atom stereocenters. The van der Waals surface area contributed by atoms with E-state index in [4.69, 9.17) is 19.4 Å². The van der Waals surface area contributed by atoms with Crippen molar-refractivity contribution in [2.24, 2.45) is 0 Å². The smallest absolute Gasteiger partial charge is 0.475 e. The largest absolute Gasteiger partial charge is 0.490 e. The second-order valence-corrected chi connectivity index (χ2v) is 8.88. The second kappa shape index (κ2) is 10.5. The van der Waals surface area contributed by atoms with Crippen molar-refractivity contribution in [2.75, 3.05) is 6.54 Å². The van der Waals surface area contributed by atoms with E-state index in [2.05, 4.69) is 52.5 Å². The van der Waals surface area contributed by atoms with Crippen molar-refractivity contribution in [1.82, 2.24) is 15.0 Å². The normalized spacial score (nSPS) is 19.7. The Morgan fingerprint density at radius 3 is 2.47 bits per heavy atom. The van der Waals surface area contributed by atoms with Crippen LogP contribution in [0.1, 0.15) is 74.2 Å². The van der Waals surface area contributed by atoms with Gasteiger partial charge in [0, 0.05) is 12.0 Å². The number of benzene rings is 2. The molecule has 0 bridgehead atoms. The minimum atomic E-state index is -5.08. The van der Waals surface area contributed by atoms with Crippen LogP contribution in [-0.4, -0.2) is 38.8 Å². The molecule has 6 nitrogen and oxygen atoms in total. The molecule has 1 N–H and O–H groups in total. The third kappa shape index (κ3) is 5.75. The molecule has 1 aliphatic carbocycles. The van der Waals surface area contributed by atoms with Gasteiger partial charge in [-0.25, -0.2) is 4.79 Å². The van der Waals surface area contributed by atoms with Crippen LogP contribution in [0.2, 0.25) is 0 Å². The maximum atomic E-state index is 10.6. The van der Waals surface area contributed by atoms with E-state index in [9.17, 15) is 13.2 Å². The quantitative estimate of drug-likeness (QED) is 0.481. The lowest BCUT2D eigenvalue weighted by Gasteiger charge is -2.24. The molecule has 1 saturated carbocycles. The zero-order valence-electron chi connectivity index (χ0n) is 18.8. The second-order valence-electron chi connectivity index (χ2n) is 8.88. The number of hydrogen-bond acceptors (Lipinski definition) is 5. The Kier molecular flexibility index (Phi) is 7.50. The standard InChI is InChI=1S/C23H27N3O.C2HF3O2/c1-2-9-18(10-3-1)23-24-22(25-27-23)16-26-15-7-14-21(26)20-13-6-11-17-8-4-5-12-19(17)20;3-2(4,5)1(6)7/h4-6,8,11-13,18,21H,1-3,7,9-10,14-16H2;(H,6,7). The molecule has 1 atom stereocenters. The Bertz CT molecular complexity index is 1100. The van der Waals surface area contributed by atoms with Crippen LogP contribution in [-0.2, 0) is 11.3 Å². The molecule has 2 aromatic carbocycles. The molecule has 0 spiro atoms. The minimum Gasteiger partial charge on any atom is -0.475 e. The molecule has 1 aliphatic heterocycles. The van der Waals surface area contributed by atoms with Gasteiger partial charge in [0.15, 0.2) is 5.82 Å². The first-order chi connectivity index (χ1) is 16.3. The predicted molar refractivity (Wildman–Crippen MR) is 120 cm³/mol. The van der Waals surface area contributed by atoms with E-state index in [1.807, 2.05) is 0 Å². The highest BCUT2D eigenvalue weighted by atomic mass is 19.4. The topological polar surface area (TPSA) is 79.5 Å². The highest BCUT2D eigenvalue weighted by molar-refractivity contribution is 5.86. The molecule has 1 saturated heterocycles. The Labute approximate surface area is 195 Å². The number of hydrogen-bond donors (Lipinski definition) is 1. The van der Waals surface area contributed by atoms with Crippen LogP contribution in [0.25, 0.3) is 10.8 Å². The average Bonchev–Trinajstić information content (AvgIpc) is 3.49. The van der Waals surface area contributed by atoms with Gasteiger partial charge in [-0.15, -0.1) is 0 Å². The van der Waals surface area contributed by atoms with E-state index in [1.165, 1.54) is 61.3 Å². The Morgan fingerprint density at radius 1 is 1.03 bits per heavy atom. The lowest BCUT2D eigenvalue weighted by molar-refractivity contribution is -0.192. The summed E-state index contributed by atoms with van der Waals surface area (Å²) in [5.41, 5.74) is 1.43. The summed E-state index contributed by atoms with van der Waals surface area (Å²) in [5, 5.41) is 14.1. The number of carboxylic acid groups (broad SMARTS) is 1. The summed E-state index contributed by atoms with van der Waals surface area (Å²) in [6, 6.07) is 15.8. The van der Waals surface area contributed by atoms with Gasteiger partial charge < -0.3 is 9.63 Å². The number of halogens is 3. The predicted octanol–water partition coefficient (Wildman–Crippen LogP) is 6.24. The van der Waals surface area contributed by atoms with Gasteiger partial charge >= 0.3 is 12.1 Å². The Balaban J connectivity index is 0.000000344. The minimum absolute atomic E-state index is 0.438. The van der Waals surface area contributed by atoms with Crippen LogP contribution < -0.4 is 0 Å². The van der Waals surface area contributed by atoms with Gasteiger partial charge in [0.1, 0.15) is 0 Å². The van der Waals surface area contributed by atoms with E-state index >= 15 is 0 Å². The van der Waals surface area contributed by atoms with E-state index < -0.39 is 12.1 Å². The molecular formula is C25H28F3N3O3. The number of carbonyl (C=O) groups is 1. The molecule has 0 radical (unpaired) electrons. The van der Waals surface area contributed by atoms with Crippen molar-refractivity contribution >= 4 is 16.7 Å². The fourth-order valence-electron chi connectivity index (χ4n) is 4.94. The van der Waals surface area contributed by atoms with Crippen molar-refractivity contribution < 1.29 is 27.6 Å². The van der Waals surface area contributed by atoms with Crippen LogP contribution in [0.4, 0.5) is 13.2 Å². The fourth-order valence-corrected chi connectivity index (χ4v) is 4.94. The fraction of sp³-hybridized carbons (Fsp3) is 0.480. The van der Waals surface area contributed by atoms with E-state index in [-0.39, 0.29) is 0 Å². The Morgan fingerprint density at radius 2 is 1.74 bits per heavy atom. The SMILES string of the molecule is O=C(O)C(F)(F)F.c1ccc2c(C3CCCN3Cc3noc(C4CCCCC4)n3)cccc2c1. The maximum Gasteiger partial charge on any atom is 0.490 e. The summed E-state index contributed by atoms with van der Waals surface area (Å²) in [6.07, 6.45) is 3.66. The van der Waals surface area contributed by atoms with Crippen LogP contribution in [0, 0.1) is 0 Å². The van der Waals surface area contributed by atoms with Crippen molar-refractivity contribution in [3.05, 3.63) is 59.7 Å². The van der Waals surface area contributed by atoms with Gasteiger partial charge in [-0.1, -0.05) is 66.9 Å². The number of likely N-dealkylation sites (tertiary alicyclic amines) is 1. The molecule has 0 amide bonds. The number of rotatable bonds is 4. The number of aliphatic carboxylic acids is 1. The summed E-state index contributed by atoms with van der Waals surface area (Å²) in [5.74, 6) is -0.562. The van der Waals surface area contributed by atoms with Crippen molar-refractivity contribution in [3.8, 4) is 0 Å². The summed E-state index contributed by atoms with van der Waals surface area (Å²) < 4.78 is 37.4. The van der Waals surface area contributed by atoms with Gasteiger partial charge in [0.2, 0.25) is 5.89 Å². The molecular weight excluding hydrogens is 447 g/mol. The van der Waals surface area contributed by atoms with Crippen molar-refractivity contribution in [1.29, 1.82) is 0 Å². The van der Waals surface area contributed by atoms with Crippen LogP contribution in [0.15, 0.2) is 47.0 Å². The van der Waals surface area contributed by atoms with E-state index in [1.54, 1.807) is 0 Å². The number of alkyl halides is 3. The third-order valence-electron chi connectivity index (χ3n) is 6.57. The summed E-state index contributed by atoms with van der Waals surface area (Å²) in [7, 11) is 0. The van der Waals surface area contributed by atoms with E-state index in [0.29, 0.717) is 12.0 Å². The molecule has 5 rings (SSSR count). The van der Waals surface area contributed by atoms with Crippen molar-refractivity contribution in [3.63, 3.8) is 0 Å². The highest BCUT2D eigenvalue weighted by Gasteiger charge is 2.38. The van der Waals surface area contributed by atoms with Crippen LogP contribution >= 0.6 is 0 Å². The van der Waals surface area contributed by atoms with Gasteiger partial charge in [0.05, 0.1) is 6.54 Å². The van der Waals surface area contributed by atoms with Crippen LogP contribution in [0.5, 0.6) is 0 Å². The van der Waals surface area contributed by atoms with Gasteiger partial charge in [-0.3, -0.25) is 4.90 Å². The monoisotopic (exact) mass is 475 g/mol. The molecule has 9 heteroatoms. The van der Waals surface area contributed by atoms with E-state index in [0.717, 1.165) is 24.8 Å². The number of fused-ring (bicyclic) bond motifs is 1. The van der Waals surface area contributed by atoms with Gasteiger partial charge in [0.25, 0.3) is 0 Å². The average molecular weight is 476 g/mol. The molecule has 34 heavy (non-hydrogen) atoms. The lowest BCUT2D eigenvalue weighted by atomic mass is 9.89. The maximum absolute atomic E-state index is 10.6. The zero-order chi connectivity index (χ0) is 24.1. The first-order valence-corrected chi connectivity index (χ1v) is 11.7. The molecule has 2 heterocycles. The Hall–Kier alpha value is -2.94. The lowest BCUT2D eigenvalue weighted by Crippen LogP contribution is -2.23. The summed E-state index contributed by atoms with van der Waals surface area (Å²) in [6.45, 7) is 1.88.